The first kappa shape index (κ1) is 37.9. The van der Waals surface area contributed by atoms with E-state index in [1.165, 1.54) is 78.2 Å². The molecule has 0 fully saturated rings. The molecule has 2 nitrogen and oxygen atoms in total. The van der Waals surface area contributed by atoms with Gasteiger partial charge in [0, 0.05) is 39.5 Å². The van der Waals surface area contributed by atoms with E-state index in [9.17, 15) is 0 Å². The molecule has 2 aliphatic rings. The van der Waals surface area contributed by atoms with Crippen molar-refractivity contribution < 1.29 is 0 Å². The summed E-state index contributed by atoms with van der Waals surface area (Å²) in [6, 6.07) is 45.9. The second kappa shape index (κ2) is 13.1. The van der Waals surface area contributed by atoms with E-state index < -0.39 is 0 Å². The average Bonchev–Trinajstić information content (AvgIpc) is 3.13. The predicted octanol–water partition coefficient (Wildman–Crippen LogP) is 11.1. The molecule has 0 amide bonds. The van der Waals surface area contributed by atoms with E-state index in [-0.39, 0.29) is 28.4 Å². The number of rotatable bonds is 4. The lowest BCUT2D eigenvalue weighted by Gasteiger charge is -2.45. The Bertz CT molecular complexity index is 2470. The largest absolute Gasteiger partial charge is 0.312 e. The van der Waals surface area contributed by atoms with Crippen molar-refractivity contribution in [2.24, 2.45) is 0 Å². The van der Waals surface area contributed by atoms with Crippen LogP contribution in [0.15, 0.2) is 121 Å². The van der Waals surface area contributed by atoms with Crippen molar-refractivity contribution in [2.45, 2.75) is 105 Å². The van der Waals surface area contributed by atoms with Gasteiger partial charge in [0.15, 0.2) is 0 Å². The molecule has 6 aromatic rings. The third kappa shape index (κ3) is 6.30. The third-order valence-electron chi connectivity index (χ3n) is 12.4. The predicted molar refractivity (Wildman–Crippen MR) is 245 cm³/mol. The van der Waals surface area contributed by atoms with Crippen LogP contribution in [-0.2, 0) is 21.7 Å². The number of hydrogen-bond acceptors (Lipinski definition) is 2. The standard InChI is InChI=1S/C52H56B2N2/c1-33-28-46-48-47(29-33)56(43-26-22-38(30-40(43)53)52(11,12)35-16-14-13-15-17-35)45-32-37(51(8,9)10)20-25-41(45)54(48)42-31-36(50(5,6)7)21-27-44(42)55(46)39-23-18-34(19-24-39)49(2,3)4/h13-32H,1-12H3. The van der Waals surface area contributed by atoms with Gasteiger partial charge in [-0.3, -0.25) is 0 Å². The maximum atomic E-state index is 7.28. The second-order valence-electron chi connectivity index (χ2n) is 19.9. The lowest BCUT2D eigenvalue weighted by atomic mass is 9.33. The molecule has 0 aliphatic carbocycles. The Kier molecular flexibility index (Phi) is 8.84. The van der Waals surface area contributed by atoms with Crippen LogP contribution in [0.2, 0.25) is 0 Å². The van der Waals surface area contributed by atoms with Crippen LogP contribution in [-0.4, -0.2) is 14.6 Å². The van der Waals surface area contributed by atoms with Gasteiger partial charge in [-0.15, -0.1) is 0 Å². The van der Waals surface area contributed by atoms with Gasteiger partial charge in [0.1, 0.15) is 7.85 Å². The molecule has 0 bridgehead atoms. The molecule has 0 aromatic heterocycles. The minimum Gasteiger partial charge on any atom is -0.312 e. The van der Waals surface area contributed by atoms with Crippen LogP contribution in [0.25, 0.3) is 0 Å². The molecule has 0 spiro atoms. The van der Waals surface area contributed by atoms with Crippen LogP contribution in [0.3, 0.4) is 0 Å². The molecular formula is C52H56B2N2. The summed E-state index contributed by atoms with van der Waals surface area (Å²) in [7, 11) is 7.28. The number of anilines is 6. The molecule has 0 N–H and O–H groups in total. The van der Waals surface area contributed by atoms with Crippen LogP contribution < -0.4 is 31.7 Å². The second-order valence-corrected chi connectivity index (χ2v) is 19.9. The van der Waals surface area contributed by atoms with Crippen molar-refractivity contribution in [1.82, 2.24) is 0 Å². The van der Waals surface area contributed by atoms with Gasteiger partial charge in [0.25, 0.3) is 6.71 Å². The molecule has 0 saturated heterocycles. The van der Waals surface area contributed by atoms with Crippen molar-refractivity contribution in [3.8, 4) is 0 Å². The van der Waals surface area contributed by atoms with E-state index in [2.05, 4.69) is 214 Å². The summed E-state index contributed by atoms with van der Waals surface area (Å²) < 4.78 is 0. The minimum absolute atomic E-state index is 0.00600. The van der Waals surface area contributed by atoms with Crippen molar-refractivity contribution >= 4 is 70.5 Å². The van der Waals surface area contributed by atoms with E-state index in [1.54, 1.807) is 0 Å². The molecule has 0 atom stereocenters. The Balaban J connectivity index is 1.42. The molecular weight excluding hydrogens is 674 g/mol. The zero-order valence-electron chi connectivity index (χ0n) is 35.6. The summed E-state index contributed by atoms with van der Waals surface area (Å²) in [5, 5.41) is 0. The highest BCUT2D eigenvalue weighted by atomic mass is 15.2. The van der Waals surface area contributed by atoms with Crippen molar-refractivity contribution in [2.75, 3.05) is 9.80 Å². The molecule has 0 saturated carbocycles. The number of benzene rings is 6. The first-order valence-corrected chi connectivity index (χ1v) is 20.3. The van der Waals surface area contributed by atoms with E-state index in [0.717, 1.165) is 11.2 Å². The Morgan fingerprint density at radius 2 is 0.964 bits per heavy atom. The molecule has 4 heteroatoms. The molecule has 0 unspecified atom stereocenters. The topological polar surface area (TPSA) is 6.48 Å². The zero-order valence-corrected chi connectivity index (χ0v) is 35.6. The minimum atomic E-state index is -0.210. The highest BCUT2D eigenvalue weighted by Crippen LogP contribution is 2.46. The maximum absolute atomic E-state index is 7.28. The summed E-state index contributed by atoms with van der Waals surface area (Å²) in [5.41, 5.74) is 19.2. The lowest BCUT2D eigenvalue weighted by molar-refractivity contribution is 0.590. The van der Waals surface area contributed by atoms with Crippen molar-refractivity contribution in [1.29, 1.82) is 0 Å². The van der Waals surface area contributed by atoms with Crippen LogP contribution in [0.1, 0.15) is 110 Å². The highest BCUT2D eigenvalue weighted by molar-refractivity contribution is 7.00. The van der Waals surface area contributed by atoms with E-state index >= 15 is 0 Å². The first-order chi connectivity index (χ1) is 26.2. The van der Waals surface area contributed by atoms with E-state index in [0.29, 0.717) is 0 Å². The smallest absolute Gasteiger partial charge is 0.252 e. The average molecular weight is 731 g/mol. The fourth-order valence-corrected chi connectivity index (χ4v) is 8.88. The quantitative estimate of drug-likeness (QED) is 0.166. The lowest BCUT2D eigenvalue weighted by Crippen LogP contribution is -2.61. The monoisotopic (exact) mass is 730 g/mol. The molecule has 2 aliphatic heterocycles. The normalized spacial score (nSPS) is 14.0. The van der Waals surface area contributed by atoms with Gasteiger partial charge in [-0.2, -0.15) is 0 Å². The summed E-state index contributed by atoms with van der Waals surface area (Å²) >= 11 is 0. The van der Waals surface area contributed by atoms with Gasteiger partial charge in [-0.05, 0) is 115 Å². The van der Waals surface area contributed by atoms with Crippen molar-refractivity contribution in [3.05, 3.63) is 155 Å². The number of fused-ring (bicyclic) bond motifs is 4. The molecule has 2 radical (unpaired) electrons. The van der Waals surface area contributed by atoms with Gasteiger partial charge < -0.3 is 9.80 Å². The van der Waals surface area contributed by atoms with Gasteiger partial charge in [-0.1, -0.05) is 160 Å². The molecule has 2 heterocycles. The summed E-state index contributed by atoms with van der Waals surface area (Å²) in [4.78, 5) is 4.99. The SMILES string of the molecule is [B]c1cc(C(C)(C)c2ccccc2)ccc1N1c2cc(C(C)(C)C)ccc2B2c3cc(C(C)(C)C)ccc3N(c3ccc(C(C)(C)C)cc3)c3cc(C)cc1c32. The Hall–Kier alpha value is -4.95. The van der Waals surface area contributed by atoms with Crippen LogP contribution in [0, 0.1) is 6.92 Å². The molecule has 280 valence electrons. The van der Waals surface area contributed by atoms with E-state index in [4.69, 9.17) is 7.85 Å². The zero-order chi connectivity index (χ0) is 40.1. The van der Waals surface area contributed by atoms with Gasteiger partial charge in [0.05, 0.1) is 0 Å². The van der Waals surface area contributed by atoms with Crippen molar-refractivity contribution in [3.63, 3.8) is 0 Å². The van der Waals surface area contributed by atoms with Crippen LogP contribution >= 0.6 is 0 Å². The Morgan fingerprint density at radius 1 is 0.429 bits per heavy atom. The Morgan fingerprint density at radius 3 is 1.57 bits per heavy atom. The Labute approximate surface area is 338 Å². The molecule has 8 rings (SSSR count). The summed E-state index contributed by atoms with van der Waals surface area (Å²) in [6.07, 6.45) is 0. The number of hydrogen-bond donors (Lipinski definition) is 0. The highest BCUT2D eigenvalue weighted by Gasteiger charge is 2.44. The van der Waals surface area contributed by atoms with Crippen LogP contribution in [0.4, 0.5) is 34.1 Å². The van der Waals surface area contributed by atoms with Gasteiger partial charge in [-0.25, -0.2) is 0 Å². The fraction of sp³-hybridized carbons (Fsp3) is 0.308. The first-order valence-electron chi connectivity index (χ1n) is 20.3. The van der Waals surface area contributed by atoms with Gasteiger partial charge in [0.2, 0.25) is 0 Å². The fourth-order valence-electron chi connectivity index (χ4n) is 8.88. The van der Waals surface area contributed by atoms with Crippen LogP contribution in [0.5, 0.6) is 0 Å². The maximum Gasteiger partial charge on any atom is 0.252 e. The summed E-state index contributed by atoms with van der Waals surface area (Å²) in [6.45, 7) is 27.6. The molecule has 56 heavy (non-hydrogen) atoms. The third-order valence-corrected chi connectivity index (χ3v) is 12.4. The van der Waals surface area contributed by atoms with Gasteiger partial charge >= 0.3 is 0 Å². The molecule has 6 aromatic carbocycles. The number of nitrogens with zero attached hydrogens (tertiary/aromatic N) is 2. The van der Waals surface area contributed by atoms with E-state index in [1.807, 2.05) is 0 Å². The number of aryl methyl sites for hydroxylation is 1. The summed E-state index contributed by atoms with van der Waals surface area (Å²) in [5.74, 6) is 0.